The van der Waals surface area contributed by atoms with Gasteiger partial charge in [0.25, 0.3) is 17.7 Å². The maximum absolute atomic E-state index is 12.4. The molecule has 2 aromatic carbocycles. The fraction of sp³-hybridized carbons (Fsp3) is 0.286. The third-order valence-corrected chi connectivity index (χ3v) is 5.12. The highest BCUT2D eigenvalue weighted by Crippen LogP contribution is 2.32. The first-order chi connectivity index (χ1) is 12.5. The Bertz CT molecular complexity index is 849. The van der Waals surface area contributed by atoms with Crippen LogP contribution < -0.4 is 5.32 Å². The normalized spacial score (nSPS) is 17.2. The van der Waals surface area contributed by atoms with Crippen LogP contribution in [0.15, 0.2) is 48.5 Å². The summed E-state index contributed by atoms with van der Waals surface area (Å²) in [6.07, 6.45) is 2.36. The minimum atomic E-state index is -0.273. The van der Waals surface area contributed by atoms with Gasteiger partial charge in [0.15, 0.2) is 0 Å². The van der Waals surface area contributed by atoms with Gasteiger partial charge < -0.3 is 5.32 Å². The molecule has 5 nitrogen and oxygen atoms in total. The Morgan fingerprint density at radius 3 is 2.15 bits per heavy atom. The number of nitrogens with one attached hydrogen (secondary N) is 1. The van der Waals surface area contributed by atoms with Crippen LogP contribution >= 0.6 is 0 Å². The van der Waals surface area contributed by atoms with E-state index >= 15 is 0 Å². The fourth-order valence-corrected chi connectivity index (χ4v) is 3.33. The van der Waals surface area contributed by atoms with Gasteiger partial charge in [0.2, 0.25) is 0 Å². The number of hydrogen-bond acceptors (Lipinski definition) is 3. The predicted octanol–water partition coefficient (Wildman–Crippen LogP) is 3.01. The largest absolute Gasteiger partial charge is 0.349 e. The summed E-state index contributed by atoms with van der Waals surface area (Å²) in [5.41, 5.74) is 2.29. The van der Waals surface area contributed by atoms with Crippen LogP contribution in [0.3, 0.4) is 0 Å². The van der Waals surface area contributed by atoms with Crippen LogP contribution in [0, 0.1) is 5.92 Å². The maximum atomic E-state index is 12.4. The summed E-state index contributed by atoms with van der Waals surface area (Å²) in [5, 5.41) is 3.02. The fourth-order valence-electron chi connectivity index (χ4n) is 3.33. The summed E-state index contributed by atoms with van der Waals surface area (Å²) in [6, 6.07) is 14.1. The van der Waals surface area contributed by atoms with Crippen molar-refractivity contribution in [3.05, 3.63) is 70.8 Å². The quantitative estimate of drug-likeness (QED) is 0.845. The first-order valence-corrected chi connectivity index (χ1v) is 8.89. The predicted molar refractivity (Wildman–Crippen MR) is 96.7 cm³/mol. The summed E-state index contributed by atoms with van der Waals surface area (Å²) >= 11 is 0. The molecule has 1 atom stereocenters. The smallest absolute Gasteiger partial charge is 0.261 e. The molecule has 0 radical (unpaired) electrons. The molecule has 2 aliphatic rings. The second-order valence-electron chi connectivity index (χ2n) is 7.04. The van der Waals surface area contributed by atoms with Crippen LogP contribution in [0.1, 0.15) is 56.4 Å². The highest BCUT2D eigenvalue weighted by Gasteiger charge is 2.35. The minimum Gasteiger partial charge on any atom is -0.349 e. The molecule has 26 heavy (non-hydrogen) atoms. The van der Waals surface area contributed by atoms with Gasteiger partial charge in [-0.25, -0.2) is 0 Å². The minimum absolute atomic E-state index is 0.0864. The van der Waals surface area contributed by atoms with Gasteiger partial charge >= 0.3 is 0 Å². The Kier molecular flexibility index (Phi) is 4.07. The van der Waals surface area contributed by atoms with Crippen LogP contribution in [-0.4, -0.2) is 28.7 Å². The topological polar surface area (TPSA) is 66.5 Å². The Balaban J connectivity index is 1.44. The number of amides is 3. The number of nitrogens with zero attached hydrogens (tertiary/aromatic N) is 1. The van der Waals surface area contributed by atoms with Crippen molar-refractivity contribution < 1.29 is 14.4 Å². The molecule has 1 fully saturated rings. The number of benzene rings is 2. The van der Waals surface area contributed by atoms with Gasteiger partial charge in [-0.15, -0.1) is 0 Å². The SMILES string of the molecule is CC(NC(=O)c1ccc(CN2C(=O)c3ccccc3C2=O)cc1)C1CC1. The number of imide groups is 1. The van der Waals surface area contributed by atoms with Gasteiger partial charge in [0.05, 0.1) is 17.7 Å². The molecule has 132 valence electrons. The van der Waals surface area contributed by atoms with Crippen molar-refractivity contribution in [1.82, 2.24) is 10.2 Å². The van der Waals surface area contributed by atoms with Crippen molar-refractivity contribution in [2.75, 3.05) is 0 Å². The average Bonchev–Trinajstić information content (AvgIpc) is 3.47. The molecule has 1 saturated carbocycles. The van der Waals surface area contributed by atoms with E-state index in [1.165, 1.54) is 17.7 Å². The number of hydrogen-bond donors (Lipinski definition) is 1. The summed E-state index contributed by atoms with van der Waals surface area (Å²) in [6.45, 7) is 2.24. The Hall–Kier alpha value is -2.95. The zero-order valence-electron chi connectivity index (χ0n) is 14.6. The Morgan fingerprint density at radius 1 is 1.04 bits per heavy atom. The van der Waals surface area contributed by atoms with Crippen LogP contribution in [0.2, 0.25) is 0 Å². The molecule has 0 spiro atoms. The lowest BCUT2D eigenvalue weighted by Crippen LogP contribution is -2.34. The molecule has 1 heterocycles. The summed E-state index contributed by atoms with van der Waals surface area (Å²) < 4.78 is 0. The van der Waals surface area contributed by atoms with E-state index in [-0.39, 0.29) is 30.3 Å². The highest BCUT2D eigenvalue weighted by atomic mass is 16.2. The van der Waals surface area contributed by atoms with E-state index in [9.17, 15) is 14.4 Å². The molecule has 0 aromatic heterocycles. The lowest BCUT2D eigenvalue weighted by atomic mass is 10.1. The number of carbonyl (C=O) groups is 3. The molecule has 3 amide bonds. The van der Waals surface area contributed by atoms with Gasteiger partial charge in [-0.05, 0) is 55.5 Å². The zero-order chi connectivity index (χ0) is 18.3. The first-order valence-electron chi connectivity index (χ1n) is 8.89. The first kappa shape index (κ1) is 16.5. The van der Waals surface area contributed by atoms with E-state index in [4.69, 9.17) is 0 Å². The Morgan fingerprint density at radius 2 is 1.62 bits per heavy atom. The van der Waals surface area contributed by atoms with Crippen molar-refractivity contribution in [3.63, 3.8) is 0 Å². The van der Waals surface area contributed by atoms with Gasteiger partial charge in [0, 0.05) is 11.6 Å². The lowest BCUT2D eigenvalue weighted by Gasteiger charge is -2.15. The third-order valence-electron chi connectivity index (χ3n) is 5.12. The zero-order valence-corrected chi connectivity index (χ0v) is 14.6. The Labute approximate surface area is 152 Å². The van der Waals surface area contributed by atoms with Gasteiger partial charge in [-0.2, -0.15) is 0 Å². The second-order valence-corrected chi connectivity index (χ2v) is 7.04. The van der Waals surface area contributed by atoms with Crippen molar-refractivity contribution in [2.45, 2.75) is 32.4 Å². The third kappa shape index (κ3) is 3.01. The van der Waals surface area contributed by atoms with Crippen LogP contribution in [0.4, 0.5) is 0 Å². The van der Waals surface area contributed by atoms with Gasteiger partial charge in [-0.3, -0.25) is 19.3 Å². The molecular weight excluding hydrogens is 328 g/mol. The monoisotopic (exact) mass is 348 g/mol. The summed E-state index contributed by atoms with van der Waals surface area (Å²) in [4.78, 5) is 38.3. The van der Waals surface area contributed by atoms with Crippen molar-refractivity contribution in [2.24, 2.45) is 5.92 Å². The van der Waals surface area contributed by atoms with Crippen LogP contribution in [0.25, 0.3) is 0 Å². The van der Waals surface area contributed by atoms with Crippen LogP contribution in [-0.2, 0) is 6.54 Å². The van der Waals surface area contributed by atoms with Crippen LogP contribution in [0.5, 0.6) is 0 Å². The molecule has 1 unspecified atom stereocenters. The van der Waals surface area contributed by atoms with E-state index in [1.807, 2.05) is 6.92 Å². The molecule has 0 bridgehead atoms. The molecule has 5 heteroatoms. The standard InChI is InChI=1S/C21H20N2O3/c1-13(15-10-11-15)22-19(24)16-8-6-14(7-9-16)12-23-20(25)17-4-2-3-5-18(17)21(23)26/h2-9,13,15H,10-12H2,1H3,(H,22,24). The highest BCUT2D eigenvalue weighted by molar-refractivity contribution is 6.21. The number of fused-ring (bicyclic) bond motifs is 1. The number of carbonyl (C=O) groups excluding carboxylic acids is 3. The van der Waals surface area contributed by atoms with E-state index in [1.54, 1.807) is 48.5 Å². The van der Waals surface area contributed by atoms with E-state index in [0.29, 0.717) is 22.6 Å². The maximum Gasteiger partial charge on any atom is 0.261 e. The molecular formula is C21H20N2O3. The second kappa shape index (κ2) is 6.41. The van der Waals surface area contributed by atoms with Crippen molar-refractivity contribution in [1.29, 1.82) is 0 Å². The summed E-state index contributed by atoms with van der Waals surface area (Å²) in [7, 11) is 0. The van der Waals surface area contributed by atoms with E-state index in [2.05, 4.69) is 5.32 Å². The molecule has 1 aliphatic heterocycles. The molecule has 0 saturated heterocycles. The molecule has 4 rings (SSSR count). The van der Waals surface area contributed by atoms with E-state index < -0.39 is 0 Å². The van der Waals surface area contributed by atoms with Crippen molar-refractivity contribution in [3.8, 4) is 0 Å². The summed E-state index contributed by atoms with van der Waals surface area (Å²) in [5.74, 6) is -0.0277. The number of rotatable bonds is 5. The lowest BCUT2D eigenvalue weighted by molar-refractivity contribution is 0.0641. The van der Waals surface area contributed by atoms with E-state index in [0.717, 1.165) is 5.56 Å². The van der Waals surface area contributed by atoms with Gasteiger partial charge in [-0.1, -0.05) is 24.3 Å². The van der Waals surface area contributed by atoms with Gasteiger partial charge in [0.1, 0.15) is 0 Å². The molecule has 1 N–H and O–H groups in total. The average molecular weight is 348 g/mol. The van der Waals surface area contributed by atoms with Crippen molar-refractivity contribution >= 4 is 17.7 Å². The molecule has 2 aromatic rings. The molecule has 1 aliphatic carbocycles.